The Morgan fingerprint density at radius 2 is 2.10 bits per heavy atom. The fourth-order valence-electron chi connectivity index (χ4n) is 2.75. The Hall–Kier alpha value is -1.13. The van der Waals surface area contributed by atoms with Gasteiger partial charge in [-0.05, 0) is 52.9 Å². The fraction of sp³-hybridized carbons (Fsp3) is 0.312. The van der Waals surface area contributed by atoms with Crippen LogP contribution in [0.15, 0.2) is 45.6 Å². The Morgan fingerprint density at radius 3 is 2.80 bits per heavy atom. The van der Waals surface area contributed by atoms with Crippen LogP contribution in [-0.4, -0.2) is 17.4 Å². The molecule has 0 radical (unpaired) electrons. The number of thiophene rings is 1. The van der Waals surface area contributed by atoms with Crippen molar-refractivity contribution in [2.24, 2.45) is 0 Å². The number of likely N-dealkylation sites (tertiary alicyclic amines) is 1. The third-order valence-corrected chi connectivity index (χ3v) is 5.00. The normalized spacial score (nSPS) is 18.4. The molecule has 3 rings (SSSR count). The smallest absolute Gasteiger partial charge is 0.227 e. The lowest BCUT2D eigenvalue weighted by molar-refractivity contribution is -0.131. The molecule has 2 heterocycles. The van der Waals surface area contributed by atoms with Gasteiger partial charge in [-0.1, -0.05) is 28.1 Å². The zero-order valence-corrected chi connectivity index (χ0v) is 13.5. The topological polar surface area (TPSA) is 20.3 Å². The number of hydrogen-bond donors (Lipinski definition) is 0. The Balaban J connectivity index is 1.71. The van der Waals surface area contributed by atoms with Crippen molar-refractivity contribution in [3.8, 4) is 0 Å². The summed E-state index contributed by atoms with van der Waals surface area (Å²) in [6.07, 6.45) is 2.68. The van der Waals surface area contributed by atoms with E-state index in [9.17, 15) is 4.79 Å². The van der Waals surface area contributed by atoms with E-state index in [1.807, 2.05) is 29.2 Å². The number of carbonyl (C=O) groups is 1. The molecular formula is C16H16BrNOS. The number of amides is 1. The summed E-state index contributed by atoms with van der Waals surface area (Å²) in [5, 5.41) is 4.25. The lowest BCUT2D eigenvalue weighted by Gasteiger charge is -2.24. The van der Waals surface area contributed by atoms with Crippen molar-refractivity contribution < 1.29 is 4.79 Å². The van der Waals surface area contributed by atoms with Crippen LogP contribution in [0.1, 0.15) is 30.0 Å². The quantitative estimate of drug-likeness (QED) is 0.803. The maximum Gasteiger partial charge on any atom is 0.227 e. The van der Waals surface area contributed by atoms with Crippen LogP contribution in [0.25, 0.3) is 0 Å². The predicted octanol–water partition coefficient (Wildman–Crippen LogP) is 4.42. The largest absolute Gasteiger partial charge is 0.335 e. The highest BCUT2D eigenvalue weighted by Crippen LogP contribution is 2.33. The fourth-order valence-corrected chi connectivity index (χ4v) is 3.73. The average molecular weight is 350 g/mol. The molecule has 1 fully saturated rings. The van der Waals surface area contributed by atoms with Crippen LogP contribution in [-0.2, 0) is 11.2 Å². The lowest BCUT2D eigenvalue weighted by atomic mass is 10.1. The summed E-state index contributed by atoms with van der Waals surface area (Å²) in [5.41, 5.74) is 2.37. The molecule has 1 aromatic heterocycles. The van der Waals surface area contributed by atoms with E-state index in [1.54, 1.807) is 11.3 Å². The molecule has 0 unspecified atom stereocenters. The maximum atomic E-state index is 12.5. The molecule has 1 atom stereocenters. The third-order valence-electron chi connectivity index (χ3n) is 3.77. The van der Waals surface area contributed by atoms with Gasteiger partial charge in [0.2, 0.25) is 5.91 Å². The SMILES string of the molecule is O=C(Cc1ccc(Br)cc1)N1CCC[C@@H]1c1ccsc1. The highest BCUT2D eigenvalue weighted by atomic mass is 79.9. The Bertz CT molecular complexity index is 579. The van der Waals surface area contributed by atoms with Gasteiger partial charge in [-0.15, -0.1) is 0 Å². The predicted molar refractivity (Wildman–Crippen MR) is 85.9 cm³/mol. The van der Waals surface area contributed by atoms with Gasteiger partial charge >= 0.3 is 0 Å². The second-order valence-electron chi connectivity index (χ2n) is 5.11. The molecule has 20 heavy (non-hydrogen) atoms. The van der Waals surface area contributed by atoms with Gasteiger partial charge in [0.25, 0.3) is 0 Å². The molecule has 0 bridgehead atoms. The second kappa shape index (κ2) is 6.10. The highest BCUT2D eigenvalue weighted by Gasteiger charge is 2.29. The number of halogens is 1. The van der Waals surface area contributed by atoms with Crippen molar-refractivity contribution in [1.82, 2.24) is 4.90 Å². The third kappa shape index (κ3) is 2.96. The first-order valence-corrected chi connectivity index (χ1v) is 8.53. The van der Waals surface area contributed by atoms with Crippen molar-refractivity contribution in [2.45, 2.75) is 25.3 Å². The standard InChI is InChI=1S/C16H16BrNOS/c17-14-5-3-12(4-6-14)10-16(19)18-8-1-2-15(18)13-7-9-20-11-13/h3-7,9,11,15H,1-2,8,10H2/t15-/m1/s1. The van der Waals surface area contributed by atoms with Crippen molar-refractivity contribution in [1.29, 1.82) is 0 Å². The first-order valence-electron chi connectivity index (χ1n) is 6.80. The van der Waals surface area contributed by atoms with E-state index < -0.39 is 0 Å². The van der Waals surface area contributed by atoms with Gasteiger partial charge in [0.15, 0.2) is 0 Å². The molecule has 1 aromatic carbocycles. The number of benzene rings is 1. The van der Waals surface area contributed by atoms with E-state index in [0.717, 1.165) is 29.4 Å². The van der Waals surface area contributed by atoms with Crippen LogP contribution < -0.4 is 0 Å². The van der Waals surface area contributed by atoms with Gasteiger partial charge in [-0.2, -0.15) is 11.3 Å². The van der Waals surface area contributed by atoms with Gasteiger partial charge in [-0.25, -0.2) is 0 Å². The number of hydrogen-bond acceptors (Lipinski definition) is 2. The second-order valence-corrected chi connectivity index (χ2v) is 6.80. The minimum Gasteiger partial charge on any atom is -0.335 e. The first kappa shape index (κ1) is 13.8. The molecule has 0 saturated carbocycles. The number of rotatable bonds is 3. The van der Waals surface area contributed by atoms with Gasteiger partial charge < -0.3 is 4.90 Å². The van der Waals surface area contributed by atoms with Crippen LogP contribution in [0.4, 0.5) is 0 Å². The molecule has 104 valence electrons. The molecule has 0 spiro atoms. The summed E-state index contributed by atoms with van der Waals surface area (Å²) in [7, 11) is 0. The molecule has 2 aromatic rings. The zero-order valence-electron chi connectivity index (χ0n) is 11.1. The van der Waals surface area contributed by atoms with Crippen LogP contribution in [0, 0.1) is 0 Å². The van der Waals surface area contributed by atoms with Crippen LogP contribution in [0.2, 0.25) is 0 Å². The van der Waals surface area contributed by atoms with Gasteiger partial charge in [0, 0.05) is 11.0 Å². The van der Waals surface area contributed by atoms with E-state index in [-0.39, 0.29) is 11.9 Å². The van der Waals surface area contributed by atoms with Crippen molar-refractivity contribution in [3.05, 3.63) is 56.7 Å². The minimum atomic E-state index is 0.237. The summed E-state index contributed by atoms with van der Waals surface area (Å²) >= 11 is 5.12. The van der Waals surface area contributed by atoms with Crippen LogP contribution >= 0.6 is 27.3 Å². The molecule has 1 saturated heterocycles. The summed E-state index contributed by atoms with van der Waals surface area (Å²) < 4.78 is 1.05. The lowest BCUT2D eigenvalue weighted by Crippen LogP contribution is -2.31. The highest BCUT2D eigenvalue weighted by molar-refractivity contribution is 9.10. The van der Waals surface area contributed by atoms with Crippen LogP contribution in [0.3, 0.4) is 0 Å². The van der Waals surface area contributed by atoms with Gasteiger partial charge in [0.05, 0.1) is 12.5 Å². The molecule has 0 aliphatic carbocycles. The summed E-state index contributed by atoms with van der Waals surface area (Å²) in [4.78, 5) is 14.6. The Morgan fingerprint density at radius 1 is 1.30 bits per heavy atom. The maximum absolute atomic E-state index is 12.5. The molecule has 4 heteroatoms. The van der Waals surface area contributed by atoms with Gasteiger partial charge in [-0.3, -0.25) is 4.79 Å². The summed E-state index contributed by atoms with van der Waals surface area (Å²) in [5.74, 6) is 0.237. The number of carbonyl (C=O) groups excluding carboxylic acids is 1. The van der Waals surface area contributed by atoms with E-state index in [0.29, 0.717) is 6.42 Å². The van der Waals surface area contributed by atoms with Crippen molar-refractivity contribution in [2.75, 3.05) is 6.54 Å². The van der Waals surface area contributed by atoms with Crippen LogP contribution in [0.5, 0.6) is 0 Å². The van der Waals surface area contributed by atoms with E-state index in [1.165, 1.54) is 5.56 Å². The van der Waals surface area contributed by atoms with E-state index >= 15 is 0 Å². The van der Waals surface area contributed by atoms with E-state index in [2.05, 4.69) is 32.8 Å². The average Bonchev–Trinajstić information content (AvgIpc) is 3.11. The molecule has 1 aliphatic rings. The molecular weight excluding hydrogens is 334 g/mol. The monoisotopic (exact) mass is 349 g/mol. The molecule has 1 aliphatic heterocycles. The van der Waals surface area contributed by atoms with Gasteiger partial charge in [0.1, 0.15) is 0 Å². The minimum absolute atomic E-state index is 0.237. The number of nitrogens with zero attached hydrogens (tertiary/aromatic N) is 1. The molecule has 1 amide bonds. The Kier molecular flexibility index (Phi) is 4.22. The van der Waals surface area contributed by atoms with E-state index in [4.69, 9.17) is 0 Å². The Labute approximate surface area is 131 Å². The first-order chi connectivity index (χ1) is 9.74. The zero-order chi connectivity index (χ0) is 13.9. The van der Waals surface area contributed by atoms with Crippen molar-refractivity contribution in [3.63, 3.8) is 0 Å². The molecule has 0 N–H and O–H groups in total. The van der Waals surface area contributed by atoms with Crippen molar-refractivity contribution >= 4 is 33.2 Å². The summed E-state index contributed by atoms with van der Waals surface area (Å²) in [6.45, 7) is 0.885. The molecule has 2 nitrogen and oxygen atoms in total. The summed E-state index contributed by atoms with van der Waals surface area (Å²) in [6, 6.07) is 10.4.